The average Bonchev–Trinajstić information content (AvgIpc) is 2.25. The summed E-state index contributed by atoms with van der Waals surface area (Å²) in [6, 6.07) is 4.35. The van der Waals surface area contributed by atoms with Crippen molar-refractivity contribution >= 4 is 0 Å². The van der Waals surface area contributed by atoms with Crippen molar-refractivity contribution in [1.82, 2.24) is 0 Å². The molecule has 0 saturated heterocycles. The Labute approximate surface area is 101 Å². The van der Waals surface area contributed by atoms with E-state index in [4.69, 9.17) is 15.2 Å². The van der Waals surface area contributed by atoms with Crippen molar-refractivity contribution in [2.24, 2.45) is 5.73 Å². The predicted molar refractivity (Wildman–Crippen MR) is 63.5 cm³/mol. The summed E-state index contributed by atoms with van der Waals surface area (Å²) < 4.78 is 24.4. The van der Waals surface area contributed by atoms with Gasteiger partial charge in [0.15, 0.2) is 0 Å². The smallest absolute Gasteiger partial charge is 0.131 e. The highest BCUT2D eigenvalue weighted by molar-refractivity contribution is 5.39. The normalized spacial score (nSPS) is 27.4. The predicted octanol–water partition coefficient (Wildman–Crippen LogP) is 2.40. The van der Waals surface area contributed by atoms with Crippen molar-refractivity contribution in [3.05, 3.63) is 29.6 Å². The van der Waals surface area contributed by atoms with E-state index in [2.05, 4.69) is 0 Å². The minimum atomic E-state index is -0.476. The first kappa shape index (κ1) is 12.3. The molecule has 1 aromatic carbocycles. The lowest BCUT2D eigenvalue weighted by Gasteiger charge is -2.38. The molecule has 0 fully saturated rings. The van der Waals surface area contributed by atoms with E-state index in [1.165, 1.54) is 12.1 Å². The fraction of sp³-hybridized carbons (Fsp3) is 0.538. The molecular weight excluding hydrogens is 221 g/mol. The van der Waals surface area contributed by atoms with Crippen molar-refractivity contribution in [3.63, 3.8) is 0 Å². The molecule has 2 N–H and O–H groups in total. The molecule has 3 nitrogen and oxygen atoms in total. The summed E-state index contributed by atoms with van der Waals surface area (Å²) in [4.78, 5) is 0. The molecule has 0 amide bonds. The van der Waals surface area contributed by atoms with Gasteiger partial charge >= 0.3 is 0 Å². The first-order valence-electron chi connectivity index (χ1n) is 5.86. The molecule has 0 aromatic heterocycles. The van der Waals surface area contributed by atoms with Gasteiger partial charge in [0.05, 0.1) is 6.61 Å². The molecule has 4 heteroatoms. The Kier molecular flexibility index (Phi) is 3.35. The van der Waals surface area contributed by atoms with Crippen LogP contribution >= 0.6 is 0 Å². The van der Waals surface area contributed by atoms with Crippen LogP contribution in [0.3, 0.4) is 0 Å². The number of rotatable bonds is 3. The van der Waals surface area contributed by atoms with Gasteiger partial charge in [-0.3, -0.25) is 0 Å². The van der Waals surface area contributed by atoms with Crippen molar-refractivity contribution in [2.45, 2.75) is 31.9 Å². The van der Waals surface area contributed by atoms with Gasteiger partial charge in [0.1, 0.15) is 17.2 Å². The number of benzene rings is 1. The second-order valence-electron chi connectivity index (χ2n) is 4.68. The van der Waals surface area contributed by atoms with Crippen LogP contribution in [-0.4, -0.2) is 18.8 Å². The molecule has 0 spiro atoms. The number of hydrogen-bond acceptors (Lipinski definition) is 3. The van der Waals surface area contributed by atoms with Crippen LogP contribution in [0.4, 0.5) is 4.39 Å². The third-order valence-electron chi connectivity index (χ3n) is 2.99. The van der Waals surface area contributed by atoms with Gasteiger partial charge in [0, 0.05) is 30.7 Å². The zero-order valence-electron chi connectivity index (χ0n) is 10.2. The summed E-state index contributed by atoms with van der Waals surface area (Å²) in [5.74, 6) is 0.225. The lowest BCUT2D eigenvalue weighted by atomic mass is 9.89. The van der Waals surface area contributed by atoms with E-state index >= 15 is 0 Å². The second-order valence-corrected chi connectivity index (χ2v) is 4.68. The molecule has 0 aliphatic carbocycles. The first-order valence-corrected chi connectivity index (χ1v) is 5.86. The second kappa shape index (κ2) is 4.63. The summed E-state index contributed by atoms with van der Waals surface area (Å²) in [6.45, 7) is 4.97. The molecule has 1 unspecified atom stereocenters. The molecule has 2 atom stereocenters. The minimum absolute atomic E-state index is 0.134. The maximum Gasteiger partial charge on any atom is 0.131 e. The topological polar surface area (TPSA) is 44.5 Å². The summed E-state index contributed by atoms with van der Waals surface area (Å²) in [6.07, 6.45) is 0.672. The first-order chi connectivity index (χ1) is 8.04. The van der Waals surface area contributed by atoms with E-state index in [0.717, 1.165) is 5.56 Å². The Bertz CT molecular complexity index is 410. The van der Waals surface area contributed by atoms with Crippen LogP contribution in [0.5, 0.6) is 5.75 Å². The van der Waals surface area contributed by atoms with Gasteiger partial charge in [-0.2, -0.15) is 0 Å². The van der Waals surface area contributed by atoms with Crippen LogP contribution in [0.1, 0.15) is 31.9 Å². The Morgan fingerprint density at radius 1 is 1.59 bits per heavy atom. The van der Waals surface area contributed by atoms with Crippen LogP contribution in [0.2, 0.25) is 0 Å². The van der Waals surface area contributed by atoms with Crippen LogP contribution in [0.15, 0.2) is 18.2 Å². The third kappa shape index (κ3) is 2.58. The molecule has 1 aliphatic rings. The van der Waals surface area contributed by atoms with Crippen LogP contribution in [0, 0.1) is 5.82 Å². The molecular formula is C13H18FNO2. The van der Waals surface area contributed by atoms with E-state index in [1.54, 1.807) is 6.07 Å². The fourth-order valence-corrected chi connectivity index (χ4v) is 2.19. The van der Waals surface area contributed by atoms with E-state index in [1.807, 2.05) is 13.8 Å². The van der Waals surface area contributed by atoms with E-state index in [-0.39, 0.29) is 11.9 Å². The van der Waals surface area contributed by atoms with Gasteiger partial charge in [-0.1, -0.05) is 6.07 Å². The summed E-state index contributed by atoms with van der Waals surface area (Å²) >= 11 is 0. The highest BCUT2D eigenvalue weighted by atomic mass is 19.1. The average molecular weight is 239 g/mol. The summed E-state index contributed by atoms with van der Waals surface area (Å²) in [7, 11) is 0. The number of ether oxygens (including phenoxy) is 2. The van der Waals surface area contributed by atoms with Crippen LogP contribution < -0.4 is 10.5 Å². The van der Waals surface area contributed by atoms with Crippen LogP contribution in [-0.2, 0) is 4.74 Å². The Hall–Kier alpha value is -1.13. The zero-order valence-corrected chi connectivity index (χ0v) is 10.2. The van der Waals surface area contributed by atoms with E-state index < -0.39 is 5.60 Å². The Morgan fingerprint density at radius 2 is 2.35 bits per heavy atom. The van der Waals surface area contributed by atoms with Gasteiger partial charge in [-0.05, 0) is 19.9 Å². The van der Waals surface area contributed by atoms with Gasteiger partial charge in [0.2, 0.25) is 0 Å². The number of fused-ring (bicyclic) bond motifs is 1. The van der Waals surface area contributed by atoms with Gasteiger partial charge in [-0.15, -0.1) is 0 Å². The molecule has 1 aliphatic heterocycles. The van der Waals surface area contributed by atoms with Crippen LogP contribution in [0.25, 0.3) is 0 Å². The maximum atomic E-state index is 13.2. The van der Waals surface area contributed by atoms with E-state index in [0.29, 0.717) is 25.4 Å². The summed E-state index contributed by atoms with van der Waals surface area (Å²) in [5.41, 5.74) is 6.47. The van der Waals surface area contributed by atoms with Crippen molar-refractivity contribution in [1.29, 1.82) is 0 Å². The number of nitrogens with two attached hydrogens (primary N) is 1. The lowest BCUT2D eigenvalue weighted by molar-refractivity contribution is -0.0303. The highest BCUT2D eigenvalue weighted by Crippen LogP contribution is 2.38. The summed E-state index contributed by atoms with van der Waals surface area (Å²) in [5, 5.41) is 0. The SMILES string of the molecule is CCOCC1(C)C[C@@H](N)c2ccc(F)cc2O1. The fourth-order valence-electron chi connectivity index (χ4n) is 2.19. The van der Waals surface area contributed by atoms with Crippen molar-refractivity contribution < 1.29 is 13.9 Å². The van der Waals surface area contributed by atoms with Crippen molar-refractivity contribution in [3.8, 4) is 5.75 Å². The Balaban J connectivity index is 2.25. The highest BCUT2D eigenvalue weighted by Gasteiger charge is 2.36. The maximum absolute atomic E-state index is 13.2. The molecule has 0 bridgehead atoms. The molecule has 94 valence electrons. The third-order valence-corrected chi connectivity index (χ3v) is 2.99. The minimum Gasteiger partial charge on any atom is -0.485 e. The quantitative estimate of drug-likeness (QED) is 0.881. The molecule has 17 heavy (non-hydrogen) atoms. The monoisotopic (exact) mass is 239 g/mol. The molecule has 0 radical (unpaired) electrons. The molecule has 1 heterocycles. The largest absolute Gasteiger partial charge is 0.485 e. The standard InChI is InChI=1S/C13H18FNO2/c1-3-16-8-13(2)7-11(15)10-5-4-9(14)6-12(10)17-13/h4-6,11H,3,7-8,15H2,1-2H3/t11-,13?/m1/s1. The van der Waals surface area contributed by atoms with Gasteiger partial charge < -0.3 is 15.2 Å². The molecule has 0 saturated carbocycles. The van der Waals surface area contributed by atoms with Crippen molar-refractivity contribution in [2.75, 3.05) is 13.2 Å². The lowest BCUT2D eigenvalue weighted by Crippen LogP contribution is -2.44. The molecule has 1 aromatic rings. The van der Waals surface area contributed by atoms with Gasteiger partial charge in [-0.25, -0.2) is 4.39 Å². The molecule has 2 rings (SSSR count). The number of halogens is 1. The zero-order chi connectivity index (χ0) is 12.5. The van der Waals surface area contributed by atoms with E-state index in [9.17, 15) is 4.39 Å². The van der Waals surface area contributed by atoms with Gasteiger partial charge in [0.25, 0.3) is 0 Å². The number of hydrogen-bond donors (Lipinski definition) is 1. The Morgan fingerprint density at radius 3 is 3.06 bits per heavy atom.